The van der Waals surface area contributed by atoms with Gasteiger partial charge in [0.05, 0.1) is 27.0 Å². The van der Waals surface area contributed by atoms with E-state index in [9.17, 15) is 4.79 Å². The maximum absolute atomic E-state index is 12.7. The number of amides is 1. The first-order valence-electron chi connectivity index (χ1n) is 9.73. The van der Waals surface area contributed by atoms with Crippen molar-refractivity contribution in [1.29, 1.82) is 0 Å². The molecule has 0 aliphatic carbocycles. The average Bonchev–Trinajstić information content (AvgIpc) is 3.54. The number of H-pyrrole nitrogens is 1. The second-order valence-corrected chi connectivity index (χ2v) is 7.64. The summed E-state index contributed by atoms with van der Waals surface area (Å²) in [5.74, 6) is 1.24. The lowest BCUT2D eigenvalue weighted by Crippen LogP contribution is -2.23. The van der Waals surface area contributed by atoms with Crippen molar-refractivity contribution in [2.75, 3.05) is 21.3 Å². The van der Waals surface area contributed by atoms with E-state index in [-0.39, 0.29) is 5.91 Å². The third kappa shape index (κ3) is 4.42. The highest BCUT2D eigenvalue weighted by Crippen LogP contribution is 2.40. The Bertz CT molecular complexity index is 1200. The topological polar surface area (TPSA) is 98.4 Å². The lowest BCUT2D eigenvalue weighted by Gasteiger charge is -2.13. The van der Waals surface area contributed by atoms with Crippen molar-refractivity contribution in [2.24, 2.45) is 0 Å². The normalized spacial score (nSPS) is 10.6. The monoisotopic (exact) mass is 450 g/mol. The van der Waals surface area contributed by atoms with Gasteiger partial charge < -0.3 is 19.5 Å². The van der Waals surface area contributed by atoms with Gasteiger partial charge in [-0.2, -0.15) is 16.4 Å². The third-order valence-corrected chi connectivity index (χ3v) is 5.57. The Balaban J connectivity index is 1.48. The summed E-state index contributed by atoms with van der Waals surface area (Å²) in [6, 6.07) is 9.29. The molecule has 3 aromatic heterocycles. The summed E-state index contributed by atoms with van der Waals surface area (Å²) in [7, 11) is 4.64. The zero-order valence-electron chi connectivity index (χ0n) is 17.8. The number of ether oxygens (including phenoxy) is 3. The second kappa shape index (κ2) is 9.52. The predicted molar refractivity (Wildman–Crippen MR) is 122 cm³/mol. The average molecular weight is 451 g/mol. The summed E-state index contributed by atoms with van der Waals surface area (Å²) in [5.41, 5.74) is 4.68. The molecule has 0 saturated heterocycles. The van der Waals surface area contributed by atoms with Crippen LogP contribution in [0.3, 0.4) is 0 Å². The minimum atomic E-state index is -0.267. The number of carbonyl (C=O) groups is 1. The summed E-state index contributed by atoms with van der Waals surface area (Å²) in [6.07, 6.45) is 3.55. The van der Waals surface area contributed by atoms with Crippen molar-refractivity contribution in [3.63, 3.8) is 0 Å². The Kier molecular flexibility index (Phi) is 6.37. The van der Waals surface area contributed by atoms with E-state index in [1.54, 1.807) is 57.1 Å². The molecule has 0 unspecified atom stereocenters. The number of pyridine rings is 1. The van der Waals surface area contributed by atoms with Crippen LogP contribution < -0.4 is 19.5 Å². The maximum Gasteiger partial charge on any atom is 0.269 e. The molecule has 0 bridgehead atoms. The Labute approximate surface area is 189 Å². The van der Waals surface area contributed by atoms with Crippen LogP contribution in [-0.2, 0) is 6.54 Å². The lowest BCUT2D eigenvalue weighted by atomic mass is 10.1. The van der Waals surface area contributed by atoms with Crippen LogP contribution in [0.25, 0.3) is 22.4 Å². The van der Waals surface area contributed by atoms with Crippen LogP contribution in [-0.4, -0.2) is 42.4 Å². The van der Waals surface area contributed by atoms with Gasteiger partial charge in [0, 0.05) is 30.1 Å². The van der Waals surface area contributed by atoms with Crippen molar-refractivity contribution in [3.8, 4) is 39.6 Å². The Morgan fingerprint density at radius 1 is 1.00 bits per heavy atom. The third-order valence-electron chi connectivity index (χ3n) is 4.89. The van der Waals surface area contributed by atoms with Gasteiger partial charge >= 0.3 is 0 Å². The van der Waals surface area contributed by atoms with Gasteiger partial charge in [0.2, 0.25) is 5.75 Å². The van der Waals surface area contributed by atoms with E-state index in [0.717, 1.165) is 22.3 Å². The molecule has 8 nitrogen and oxygen atoms in total. The van der Waals surface area contributed by atoms with Gasteiger partial charge in [0.15, 0.2) is 11.5 Å². The molecule has 2 N–H and O–H groups in total. The van der Waals surface area contributed by atoms with Gasteiger partial charge in [0.1, 0.15) is 5.69 Å². The smallest absolute Gasteiger partial charge is 0.269 e. The van der Waals surface area contributed by atoms with E-state index in [1.165, 1.54) is 0 Å². The van der Waals surface area contributed by atoms with Crippen molar-refractivity contribution in [3.05, 3.63) is 64.7 Å². The molecule has 4 rings (SSSR count). The molecule has 0 aliphatic heterocycles. The molecular formula is C23H22N4O4S. The van der Waals surface area contributed by atoms with Crippen LogP contribution in [0.5, 0.6) is 17.2 Å². The first-order chi connectivity index (χ1) is 15.6. The molecule has 0 atom stereocenters. The molecule has 1 amide bonds. The molecule has 0 radical (unpaired) electrons. The predicted octanol–water partition coefficient (Wildman–Crippen LogP) is 4.16. The molecule has 164 valence electrons. The number of methoxy groups -OCH3 is 3. The summed E-state index contributed by atoms with van der Waals surface area (Å²) < 4.78 is 16.1. The molecule has 4 aromatic rings. The number of nitrogens with zero attached hydrogens (tertiary/aromatic N) is 2. The number of aromatic amines is 1. The fourth-order valence-corrected chi connectivity index (χ4v) is 3.93. The van der Waals surface area contributed by atoms with Crippen LogP contribution >= 0.6 is 11.3 Å². The lowest BCUT2D eigenvalue weighted by molar-refractivity contribution is 0.0946. The first kappa shape index (κ1) is 21.4. The molecule has 3 heterocycles. The molecular weight excluding hydrogens is 428 g/mol. The summed E-state index contributed by atoms with van der Waals surface area (Å²) in [5, 5.41) is 14.0. The number of aromatic nitrogens is 3. The quantitative estimate of drug-likeness (QED) is 0.418. The fourth-order valence-electron chi connectivity index (χ4n) is 3.26. The number of rotatable bonds is 8. The van der Waals surface area contributed by atoms with E-state index in [4.69, 9.17) is 14.2 Å². The summed E-state index contributed by atoms with van der Waals surface area (Å²) in [6.45, 7) is 0.350. The highest BCUT2D eigenvalue weighted by Gasteiger charge is 2.17. The van der Waals surface area contributed by atoms with Crippen LogP contribution in [0.1, 0.15) is 16.1 Å². The molecule has 0 fully saturated rings. The van der Waals surface area contributed by atoms with E-state index in [0.29, 0.717) is 35.2 Å². The Morgan fingerprint density at radius 3 is 2.44 bits per heavy atom. The molecule has 32 heavy (non-hydrogen) atoms. The fraction of sp³-hybridized carbons (Fsp3) is 0.174. The standard InChI is InChI=1S/C23H22N4O4S/c1-29-20-7-16(8-21(30-2)22(20)31-3)18-9-19(27-26-18)23(28)25-11-14-6-17(12-24-10-14)15-4-5-32-13-15/h4-10,12-13H,11H2,1-3H3,(H,25,28)(H,26,27). The van der Waals surface area contributed by atoms with E-state index in [2.05, 4.69) is 25.9 Å². The van der Waals surface area contributed by atoms with Crippen molar-refractivity contribution in [2.45, 2.75) is 6.54 Å². The van der Waals surface area contributed by atoms with E-state index < -0.39 is 0 Å². The van der Waals surface area contributed by atoms with Gasteiger partial charge in [-0.1, -0.05) is 0 Å². The first-order valence-corrected chi connectivity index (χ1v) is 10.7. The van der Waals surface area contributed by atoms with E-state index >= 15 is 0 Å². The molecule has 1 aromatic carbocycles. The minimum absolute atomic E-state index is 0.267. The number of thiophene rings is 1. The molecule has 0 spiro atoms. The van der Waals surface area contributed by atoms with Crippen LogP contribution in [0.15, 0.2) is 53.5 Å². The van der Waals surface area contributed by atoms with Crippen molar-refractivity contribution in [1.82, 2.24) is 20.5 Å². The highest BCUT2D eigenvalue weighted by atomic mass is 32.1. The molecule has 0 saturated carbocycles. The number of nitrogens with one attached hydrogen (secondary N) is 2. The van der Waals surface area contributed by atoms with Gasteiger partial charge in [-0.25, -0.2) is 0 Å². The Hall–Kier alpha value is -3.85. The van der Waals surface area contributed by atoms with Crippen molar-refractivity contribution < 1.29 is 19.0 Å². The highest BCUT2D eigenvalue weighted by molar-refractivity contribution is 7.08. The zero-order chi connectivity index (χ0) is 22.5. The van der Waals surface area contributed by atoms with Gasteiger partial charge in [-0.3, -0.25) is 14.9 Å². The largest absolute Gasteiger partial charge is 0.493 e. The van der Waals surface area contributed by atoms with Gasteiger partial charge in [-0.15, -0.1) is 0 Å². The summed E-state index contributed by atoms with van der Waals surface area (Å²) in [4.78, 5) is 16.9. The van der Waals surface area contributed by atoms with Gasteiger partial charge in [0.25, 0.3) is 5.91 Å². The molecule has 9 heteroatoms. The van der Waals surface area contributed by atoms with E-state index in [1.807, 2.05) is 23.7 Å². The number of hydrogen-bond donors (Lipinski definition) is 2. The number of benzene rings is 1. The van der Waals surface area contributed by atoms with Crippen LogP contribution in [0.4, 0.5) is 0 Å². The number of carbonyl (C=O) groups excluding carboxylic acids is 1. The minimum Gasteiger partial charge on any atom is -0.493 e. The van der Waals surface area contributed by atoms with Crippen molar-refractivity contribution >= 4 is 17.2 Å². The summed E-state index contributed by atoms with van der Waals surface area (Å²) >= 11 is 1.63. The molecule has 0 aliphatic rings. The Morgan fingerprint density at radius 2 is 1.78 bits per heavy atom. The SMILES string of the molecule is COc1cc(-c2cc(C(=O)NCc3cncc(-c4ccsc4)c3)[nH]n2)cc(OC)c1OC. The van der Waals surface area contributed by atoms with Crippen LogP contribution in [0, 0.1) is 0 Å². The second-order valence-electron chi connectivity index (χ2n) is 6.86. The van der Waals surface area contributed by atoms with Gasteiger partial charge in [-0.05, 0) is 52.2 Å². The zero-order valence-corrected chi connectivity index (χ0v) is 18.7. The number of hydrogen-bond acceptors (Lipinski definition) is 7. The maximum atomic E-state index is 12.7. The van der Waals surface area contributed by atoms with Crippen LogP contribution in [0.2, 0.25) is 0 Å².